The van der Waals surface area contributed by atoms with E-state index in [1.165, 1.54) is 48.5 Å². The zero-order valence-electron chi connectivity index (χ0n) is 18.0. The first-order valence-corrected chi connectivity index (χ1v) is 11.9. The van der Waals surface area contributed by atoms with Crippen molar-refractivity contribution in [1.29, 1.82) is 0 Å². The lowest BCUT2D eigenvalue weighted by Crippen LogP contribution is -2.32. The van der Waals surface area contributed by atoms with Crippen molar-refractivity contribution >= 4 is 33.2 Å². The van der Waals surface area contributed by atoms with Gasteiger partial charge in [0.05, 0.1) is 22.8 Å². The summed E-state index contributed by atoms with van der Waals surface area (Å²) in [4.78, 5) is 12.2. The van der Waals surface area contributed by atoms with Crippen molar-refractivity contribution in [2.24, 2.45) is 0 Å². The fourth-order valence-corrected chi connectivity index (χ4v) is 5.08. The van der Waals surface area contributed by atoms with E-state index in [0.717, 1.165) is 22.5 Å². The molecule has 3 aromatic carbocycles. The fraction of sp³-hybridized carbons (Fsp3) is 0.125. The Kier molecular flexibility index (Phi) is 7.86. The van der Waals surface area contributed by atoms with Gasteiger partial charge in [0.2, 0.25) is 0 Å². The molecule has 0 heterocycles. The van der Waals surface area contributed by atoms with E-state index < -0.39 is 38.4 Å². The highest BCUT2D eigenvalue weighted by molar-refractivity contribution is 7.93. The monoisotopic (exact) mass is 526 g/mol. The largest absolute Gasteiger partial charge is 0.416 e. The van der Waals surface area contributed by atoms with Crippen molar-refractivity contribution in [3.63, 3.8) is 0 Å². The van der Waals surface area contributed by atoms with Crippen LogP contribution in [0.25, 0.3) is 0 Å². The molecule has 0 unspecified atom stereocenters. The van der Waals surface area contributed by atoms with Crippen LogP contribution in [0.3, 0.4) is 0 Å². The van der Waals surface area contributed by atoms with E-state index in [1.807, 2.05) is 0 Å². The summed E-state index contributed by atoms with van der Waals surface area (Å²) in [6, 6.07) is 12.8. The first kappa shape index (κ1) is 26.2. The summed E-state index contributed by atoms with van der Waals surface area (Å²) in [5.41, 5.74) is -0.706. The molecular formula is C24H19ClF4N2O3S. The lowest BCUT2D eigenvalue weighted by molar-refractivity contribution is -0.137. The van der Waals surface area contributed by atoms with E-state index in [0.29, 0.717) is 11.6 Å². The molecule has 0 saturated carbocycles. The Morgan fingerprint density at radius 1 is 1.06 bits per heavy atom. The van der Waals surface area contributed by atoms with Crippen LogP contribution in [-0.2, 0) is 22.7 Å². The summed E-state index contributed by atoms with van der Waals surface area (Å²) in [6.07, 6.45) is -3.47. The van der Waals surface area contributed by atoms with E-state index in [4.69, 9.17) is 11.6 Å². The molecule has 0 saturated heterocycles. The van der Waals surface area contributed by atoms with Crippen molar-refractivity contribution in [3.05, 3.63) is 107 Å². The number of alkyl halides is 3. The van der Waals surface area contributed by atoms with Crippen molar-refractivity contribution in [1.82, 2.24) is 5.32 Å². The average molecular weight is 527 g/mol. The molecule has 0 aliphatic carbocycles. The van der Waals surface area contributed by atoms with Gasteiger partial charge in [0.25, 0.3) is 15.9 Å². The number of halogens is 5. The number of nitrogens with one attached hydrogen (secondary N) is 1. The van der Waals surface area contributed by atoms with Crippen molar-refractivity contribution in [3.8, 4) is 0 Å². The van der Waals surface area contributed by atoms with Gasteiger partial charge in [-0.15, -0.1) is 6.58 Å². The van der Waals surface area contributed by atoms with Gasteiger partial charge in [0.15, 0.2) is 0 Å². The number of rotatable bonds is 8. The first-order chi connectivity index (χ1) is 16.4. The molecule has 0 radical (unpaired) electrons. The molecule has 0 fully saturated rings. The van der Waals surface area contributed by atoms with Crippen molar-refractivity contribution in [2.75, 3.05) is 10.8 Å². The zero-order chi connectivity index (χ0) is 25.8. The summed E-state index contributed by atoms with van der Waals surface area (Å²) in [5, 5.41) is 2.37. The molecule has 5 nitrogen and oxygen atoms in total. The van der Waals surface area contributed by atoms with Gasteiger partial charge in [-0.25, -0.2) is 12.8 Å². The Labute approximate surface area is 204 Å². The predicted molar refractivity (Wildman–Crippen MR) is 125 cm³/mol. The van der Waals surface area contributed by atoms with Crippen LogP contribution in [-0.4, -0.2) is 20.9 Å². The summed E-state index contributed by atoms with van der Waals surface area (Å²) >= 11 is 6.13. The minimum atomic E-state index is -4.68. The van der Waals surface area contributed by atoms with E-state index in [1.54, 1.807) is 0 Å². The SMILES string of the molecule is C=CCN(c1cccc(C(F)(F)F)c1)S(=O)(=O)c1cc(C(=O)NCc2ccc(F)cc2)ccc1Cl. The van der Waals surface area contributed by atoms with Gasteiger partial charge in [-0.05, 0) is 54.1 Å². The number of anilines is 1. The first-order valence-electron chi connectivity index (χ1n) is 10.1. The van der Waals surface area contributed by atoms with E-state index >= 15 is 0 Å². The van der Waals surface area contributed by atoms with Crippen LogP contribution in [0, 0.1) is 5.82 Å². The maximum atomic E-state index is 13.4. The zero-order valence-corrected chi connectivity index (χ0v) is 19.6. The van der Waals surface area contributed by atoms with Gasteiger partial charge in [-0.3, -0.25) is 9.10 Å². The van der Waals surface area contributed by atoms with Gasteiger partial charge in [-0.1, -0.05) is 35.9 Å². The Balaban J connectivity index is 1.94. The van der Waals surface area contributed by atoms with E-state index in [-0.39, 0.29) is 29.4 Å². The number of amides is 1. The quantitative estimate of drug-likeness (QED) is 0.297. The second-order valence-electron chi connectivity index (χ2n) is 7.33. The Bertz CT molecular complexity index is 1340. The van der Waals surface area contributed by atoms with Crippen LogP contribution in [0.1, 0.15) is 21.5 Å². The lowest BCUT2D eigenvalue weighted by Gasteiger charge is -2.24. The summed E-state index contributed by atoms with van der Waals surface area (Å²) < 4.78 is 80.2. The second-order valence-corrected chi connectivity index (χ2v) is 9.57. The maximum absolute atomic E-state index is 13.4. The molecule has 11 heteroatoms. The fourth-order valence-electron chi connectivity index (χ4n) is 3.14. The molecule has 0 atom stereocenters. The highest BCUT2D eigenvalue weighted by Crippen LogP contribution is 2.34. The molecule has 3 rings (SSSR count). The van der Waals surface area contributed by atoms with Crippen LogP contribution in [0.2, 0.25) is 5.02 Å². The molecule has 0 spiro atoms. The van der Waals surface area contributed by atoms with E-state index in [9.17, 15) is 30.8 Å². The lowest BCUT2D eigenvalue weighted by atomic mass is 10.2. The maximum Gasteiger partial charge on any atom is 0.416 e. The molecule has 0 aliphatic rings. The molecule has 0 aliphatic heterocycles. The average Bonchev–Trinajstić information content (AvgIpc) is 2.81. The van der Waals surface area contributed by atoms with Gasteiger partial charge >= 0.3 is 6.18 Å². The molecule has 35 heavy (non-hydrogen) atoms. The van der Waals surface area contributed by atoms with Crippen LogP contribution < -0.4 is 9.62 Å². The summed E-state index contributed by atoms with van der Waals surface area (Å²) in [6.45, 7) is 3.19. The van der Waals surface area contributed by atoms with Crippen LogP contribution >= 0.6 is 11.6 Å². The normalized spacial score (nSPS) is 11.7. The summed E-state index contributed by atoms with van der Waals surface area (Å²) in [5.74, 6) is -1.06. The number of hydrogen-bond donors (Lipinski definition) is 1. The highest BCUT2D eigenvalue weighted by atomic mass is 35.5. The van der Waals surface area contributed by atoms with Crippen molar-refractivity contribution < 1.29 is 30.8 Å². The second kappa shape index (κ2) is 10.5. The van der Waals surface area contributed by atoms with Gasteiger partial charge in [-0.2, -0.15) is 13.2 Å². The van der Waals surface area contributed by atoms with Gasteiger partial charge in [0.1, 0.15) is 10.7 Å². The van der Waals surface area contributed by atoms with Crippen LogP contribution in [0.15, 0.2) is 84.3 Å². The molecule has 0 bridgehead atoms. The Morgan fingerprint density at radius 3 is 2.37 bits per heavy atom. The number of carbonyl (C=O) groups is 1. The minimum absolute atomic E-state index is 0.0438. The highest BCUT2D eigenvalue weighted by Gasteiger charge is 2.33. The molecule has 1 N–H and O–H groups in total. The van der Waals surface area contributed by atoms with E-state index in [2.05, 4.69) is 11.9 Å². The molecule has 184 valence electrons. The number of hydrogen-bond acceptors (Lipinski definition) is 3. The summed E-state index contributed by atoms with van der Waals surface area (Å²) in [7, 11) is -4.50. The standard InChI is InChI=1S/C24H19ClF4N2O3S/c1-2-12-31(20-5-3-4-18(14-20)24(27,28)29)35(33,34)22-13-17(8-11-21(22)25)23(32)30-15-16-6-9-19(26)10-7-16/h2-11,13-14H,1,12,15H2,(H,30,32). The third kappa shape index (κ3) is 6.20. The van der Waals surface area contributed by atoms with Gasteiger partial charge in [0, 0.05) is 12.1 Å². The number of carbonyl (C=O) groups excluding carboxylic acids is 1. The van der Waals surface area contributed by atoms with Crippen LogP contribution in [0.4, 0.5) is 23.2 Å². The molecule has 3 aromatic rings. The van der Waals surface area contributed by atoms with Gasteiger partial charge < -0.3 is 5.32 Å². The number of nitrogens with zero attached hydrogens (tertiary/aromatic N) is 1. The number of sulfonamides is 1. The topological polar surface area (TPSA) is 66.5 Å². The van der Waals surface area contributed by atoms with Crippen LogP contribution in [0.5, 0.6) is 0 Å². The van der Waals surface area contributed by atoms with Crippen molar-refractivity contribution in [2.45, 2.75) is 17.6 Å². The molecule has 1 amide bonds. The number of benzene rings is 3. The minimum Gasteiger partial charge on any atom is -0.348 e. The molecule has 0 aromatic heterocycles. The smallest absolute Gasteiger partial charge is 0.348 e. The third-order valence-corrected chi connectivity index (χ3v) is 7.16. The Morgan fingerprint density at radius 2 is 1.74 bits per heavy atom. The predicted octanol–water partition coefficient (Wildman–Crippen LogP) is 5.81. The Hall–Kier alpha value is -3.37. The third-order valence-electron chi connectivity index (χ3n) is 4.88. The molecular weight excluding hydrogens is 508 g/mol.